The van der Waals surface area contributed by atoms with Crippen LogP contribution in [-0.4, -0.2) is 23.7 Å². The van der Waals surface area contributed by atoms with Crippen LogP contribution in [0.5, 0.6) is 0 Å². The molecule has 0 spiro atoms. The Bertz CT molecular complexity index is 394. The van der Waals surface area contributed by atoms with Crippen LogP contribution in [0.1, 0.15) is 51.7 Å². The number of nitrogens with one attached hydrogen (secondary N) is 1. The Morgan fingerprint density at radius 2 is 2.05 bits per heavy atom. The van der Waals surface area contributed by atoms with Gasteiger partial charge >= 0.3 is 0 Å². The highest BCUT2D eigenvalue weighted by molar-refractivity contribution is 7.09. The lowest BCUT2D eigenvalue weighted by atomic mass is 9.91. The van der Waals surface area contributed by atoms with Crippen molar-refractivity contribution >= 4 is 11.3 Å². The van der Waals surface area contributed by atoms with Gasteiger partial charge in [0.15, 0.2) is 0 Å². The number of hydrazine groups is 1. The van der Waals surface area contributed by atoms with E-state index in [4.69, 9.17) is 15.6 Å². The van der Waals surface area contributed by atoms with Crippen LogP contribution >= 0.6 is 11.3 Å². The molecule has 4 nitrogen and oxygen atoms in total. The molecular weight excluding hydrogens is 258 g/mol. The molecular formula is C14H27N3OS. The number of hydrogen-bond acceptors (Lipinski definition) is 5. The summed E-state index contributed by atoms with van der Waals surface area (Å²) in [6, 6.07) is 0.0569. The van der Waals surface area contributed by atoms with Crippen LogP contribution in [0.3, 0.4) is 0 Å². The fraction of sp³-hybridized carbons (Fsp3) is 0.786. The normalized spacial score (nSPS) is 17.2. The zero-order valence-corrected chi connectivity index (χ0v) is 13.7. The van der Waals surface area contributed by atoms with Crippen LogP contribution in [0.25, 0.3) is 0 Å². The lowest BCUT2D eigenvalue weighted by molar-refractivity contribution is -0.0288. The van der Waals surface area contributed by atoms with Gasteiger partial charge in [-0.15, -0.1) is 11.3 Å². The van der Waals surface area contributed by atoms with Gasteiger partial charge in [-0.2, -0.15) is 0 Å². The van der Waals surface area contributed by atoms with Crippen LogP contribution in [0.15, 0.2) is 5.38 Å². The number of ether oxygens (including phenoxy) is 1. The van der Waals surface area contributed by atoms with Crippen molar-refractivity contribution in [1.82, 2.24) is 10.4 Å². The Kier molecular flexibility index (Phi) is 5.50. The molecule has 0 aliphatic carbocycles. The Balaban J connectivity index is 2.85. The van der Waals surface area contributed by atoms with Crippen molar-refractivity contribution in [2.75, 3.05) is 7.11 Å². The van der Waals surface area contributed by atoms with E-state index in [0.29, 0.717) is 0 Å². The predicted octanol–water partition coefficient (Wildman–Crippen LogP) is 2.63. The van der Waals surface area contributed by atoms with Crippen molar-refractivity contribution in [3.8, 4) is 0 Å². The van der Waals surface area contributed by atoms with E-state index >= 15 is 0 Å². The molecule has 0 bridgehead atoms. The molecule has 0 aliphatic rings. The number of nitrogens with two attached hydrogens (primary N) is 1. The van der Waals surface area contributed by atoms with Crippen molar-refractivity contribution in [1.29, 1.82) is 0 Å². The van der Waals surface area contributed by atoms with Gasteiger partial charge in [-0.25, -0.2) is 4.98 Å². The van der Waals surface area contributed by atoms with Crippen LogP contribution < -0.4 is 11.3 Å². The first-order chi connectivity index (χ1) is 8.76. The third-order valence-corrected chi connectivity index (χ3v) is 4.68. The second-order valence-electron chi connectivity index (χ2n) is 6.17. The van der Waals surface area contributed by atoms with E-state index in [1.54, 1.807) is 18.4 Å². The fourth-order valence-corrected chi connectivity index (χ4v) is 2.98. The highest BCUT2D eigenvalue weighted by Crippen LogP contribution is 2.27. The quantitative estimate of drug-likeness (QED) is 0.623. The second kappa shape index (κ2) is 6.31. The smallest absolute Gasteiger partial charge is 0.0945 e. The molecule has 2 atom stereocenters. The molecule has 19 heavy (non-hydrogen) atoms. The van der Waals surface area contributed by atoms with Crippen molar-refractivity contribution in [2.45, 2.75) is 64.5 Å². The molecule has 2 unspecified atom stereocenters. The first kappa shape index (κ1) is 16.6. The van der Waals surface area contributed by atoms with E-state index in [2.05, 4.69) is 45.4 Å². The number of rotatable bonds is 6. The van der Waals surface area contributed by atoms with E-state index < -0.39 is 0 Å². The van der Waals surface area contributed by atoms with Crippen molar-refractivity contribution in [3.63, 3.8) is 0 Å². The summed E-state index contributed by atoms with van der Waals surface area (Å²) in [5.74, 6) is 5.70. The van der Waals surface area contributed by atoms with Gasteiger partial charge in [0.2, 0.25) is 0 Å². The molecule has 0 saturated carbocycles. The Labute approximate surface area is 120 Å². The van der Waals surface area contributed by atoms with Gasteiger partial charge in [0.05, 0.1) is 22.3 Å². The van der Waals surface area contributed by atoms with Crippen LogP contribution in [0, 0.1) is 0 Å². The Hall–Kier alpha value is -0.490. The minimum Gasteiger partial charge on any atom is -0.377 e. The first-order valence-corrected chi connectivity index (χ1v) is 7.61. The van der Waals surface area contributed by atoms with E-state index in [1.807, 2.05) is 0 Å². The van der Waals surface area contributed by atoms with Gasteiger partial charge < -0.3 is 4.74 Å². The zero-order valence-electron chi connectivity index (χ0n) is 12.9. The molecule has 0 saturated heterocycles. The van der Waals surface area contributed by atoms with Gasteiger partial charge in [0.1, 0.15) is 0 Å². The SMILES string of the molecule is CCC(C)(OC)C(Cc1nc(C(C)(C)C)cs1)NN. The standard InChI is InChI=1S/C14H27N3OS/c1-7-14(5,18-6)10(17-15)8-12-16-11(9-19-12)13(2,3)4/h9-10,17H,7-8,15H2,1-6H3. The van der Waals surface area contributed by atoms with Gasteiger partial charge in [0, 0.05) is 24.3 Å². The van der Waals surface area contributed by atoms with Gasteiger partial charge in [-0.1, -0.05) is 27.7 Å². The summed E-state index contributed by atoms with van der Waals surface area (Å²) in [5.41, 5.74) is 3.84. The average Bonchev–Trinajstić information content (AvgIpc) is 2.83. The first-order valence-electron chi connectivity index (χ1n) is 6.73. The van der Waals surface area contributed by atoms with Crippen molar-refractivity contribution in [2.24, 2.45) is 5.84 Å². The Morgan fingerprint density at radius 3 is 2.42 bits per heavy atom. The number of aromatic nitrogens is 1. The summed E-state index contributed by atoms with van der Waals surface area (Å²) in [4.78, 5) is 4.72. The Morgan fingerprint density at radius 1 is 1.42 bits per heavy atom. The topological polar surface area (TPSA) is 60.2 Å². The molecule has 1 aromatic heterocycles. The number of thiazole rings is 1. The number of hydrogen-bond donors (Lipinski definition) is 2. The molecule has 110 valence electrons. The molecule has 0 radical (unpaired) electrons. The largest absolute Gasteiger partial charge is 0.377 e. The molecule has 0 aliphatic heterocycles. The van der Waals surface area contributed by atoms with Gasteiger partial charge in [-0.05, 0) is 13.3 Å². The molecule has 5 heteroatoms. The maximum atomic E-state index is 5.70. The van der Waals surface area contributed by atoms with Crippen LogP contribution in [0.2, 0.25) is 0 Å². The highest BCUT2D eigenvalue weighted by atomic mass is 32.1. The summed E-state index contributed by atoms with van der Waals surface area (Å²) < 4.78 is 5.62. The molecule has 1 rings (SSSR count). The molecule has 1 heterocycles. The maximum Gasteiger partial charge on any atom is 0.0945 e. The minimum atomic E-state index is -0.275. The third-order valence-electron chi connectivity index (χ3n) is 3.81. The fourth-order valence-electron chi connectivity index (χ4n) is 1.91. The van der Waals surface area contributed by atoms with E-state index in [1.165, 1.54) is 0 Å². The lowest BCUT2D eigenvalue weighted by Crippen LogP contribution is -2.53. The zero-order chi connectivity index (χ0) is 14.7. The summed E-state index contributed by atoms with van der Waals surface area (Å²) >= 11 is 1.69. The monoisotopic (exact) mass is 285 g/mol. The van der Waals surface area contributed by atoms with Crippen LogP contribution in [0.4, 0.5) is 0 Å². The number of nitrogens with zero attached hydrogens (tertiary/aromatic N) is 1. The third kappa shape index (κ3) is 3.99. The minimum absolute atomic E-state index is 0.0569. The summed E-state index contributed by atoms with van der Waals surface area (Å²) in [7, 11) is 1.73. The summed E-state index contributed by atoms with van der Waals surface area (Å²) in [6.45, 7) is 10.7. The van der Waals surface area contributed by atoms with Gasteiger partial charge in [-0.3, -0.25) is 11.3 Å². The molecule has 0 amide bonds. The molecule has 0 aromatic carbocycles. The molecule has 0 fully saturated rings. The number of methoxy groups -OCH3 is 1. The van der Waals surface area contributed by atoms with Crippen molar-refractivity contribution in [3.05, 3.63) is 16.1 Å². The second-order valence-corrected chi connectivity index (χ2v) is 7.11. The average molecular weight is 285 g/mol. The maximum absolute atomic E-state index is 5.70. The van der Waals surface area contributed by atoms with E-state index in [-0.39, 0.29) is 17.1 Å². The molecule has 3 N–H and O–H groups in total. The predicted molar refractivity (Wildman–Crippen MR) is 81.3 cm³/mol. The lowest BCUT2D eigenvalue weighted by Gasteiger charge is -2.34. The summed E-state index contributed by atoms with van der Waals surface area (Å²) in [5, 5.41) is 3.24. The van der Waals surface area contributed by atoms with Crippen molar-refractivity contribution < 1.29 is 4.74 Å². The van der Waals surface area contributed by atoms with E-state index in [0.717, 1.165) is 23.5 Å². The van der Waals surface area contributed by atoms with Gasteiger partial charge in [0.25, 0.3) is 0 Å². The summed E-state index contributed by atoms with van der Waals surface area (Å²) in [6.07, 6.45) is 1.69. The molecule has 1 aromatic rings. The van der Waals surface area contributed by atoms with E-state index in [9.17, 15) is 0 Å². The van der Waals surface area contributed by atoms with Crippen LogP contribution in [-0.2, 0) is 16.6 Å². The highest BCUT2D eigenvalue weighted by Gasteiger charge is 2.33.